The summed E-state index contributed by atoms with van der Waals surface area (Å²) in [4.78, 5) is 39.7. The lowest BCUT2D eigenvalue weighted by Crippen LogP contribution is -2.39. The molecule has 1 aliphatic rings. The third-order valence-corrected chi connectivity index (χ3v) is 5.62. The van der Waals surface area contributed by atoms with E-state index in [0.29, 0.717) is 24.3 Å². The highest BCUT2D eigenvalue weighted by molar-refractivity contribution is 9.10. The van der Waals surface area contributed by atoms with Crippen molar-refractivity contribution in [1.82, 2.24) is 5.32 Å². The van der Waals surface area contributed by atoms with Crippen LogP contribution in [0.1, 0.15) is 31.4 Å². The van der Waals surface area contributed by atoms with Crippen LogP contribution in [0.15, 0.2) is 53.0 Å². The highest BCUT2D eigenvalue weighted by atomic mass is 79.9. The number of carbonyl (C=O) groups is 3. The van der Waals surface area contributed by atoms with Crippen LogP contribution in [0, 0.1) is 5.92 Å². The fraction of sp³-hybridized carbons (Fsp3) is 0.348. The van der Waals surface area contributed by atoms with Gasteiger partial charge < -0.3 is 19.7 Å². The van der Waals surface area contributed by atoms with Crippen LogP contribution in [0.3, 0.4) is 0 Å². The van der Waals surface area contributed by atoms with Gasteiger partial charge in [0.2, 0.25) is 11.8 Å². The molecule has 0 radical (unpaired) electrons. The first-order chi connectivity index (χ1) is 14.9. The molecule has 0 aromatic heterocycles. The fourth-order valence-electron chi connectivity index (χ4n) is 3.59. The smallest absolute Gasteiger partial charge is 0.308 e. The summed E-state index contributed by atoms with van der Waals surface area (Å²) in [7, 11) is 1.55. The normalized spacial score (nSPS) is 16.7. The molecule has 8 heteroatoms. The van der Waals surface area contributed by atoms with E-state index >= 15 is 0 Å². The minimum atomic E-state index is -0.811. The SMILES string of the molecule is CCOC(=O)CC(NC(=O)C1CCN(c2cccc(Br)c2)C1=O)c1cccc(OC)c1. The van der Waals surface area contributed by atoms with Crippen LogP contribution < -0.4 is 15.0 Å². The highest BCUT2D eigenvalue weighted by Gasteiger charge is 2.38. The molecule has 1 N–H and O–H groups in total. The molecule has 2 unspecified atom stereocenters. The number of hydrogen-bond acceptors (Lipinski definition) is 5. The first kappa shape index (κ1) is 22.8. The maximum atomic E-state index is 13.0. The number of nitrogens with one attached hydrogen (secondary N) is 1. The molecule has 3 rings (SSSR count). The van der Waals surface area contributed by atoms with Gasteiger partial charge in [-0.15, -0.1) is 0 Å². The van der Waals surface area contributed by atoms with E-state index in [-0.39, 0.29) is 18.9 Å². The van der Waals surface area contributed by atoms with Crippen molar-refractivity contribution < 1.29 is 23.9 Å². The lowest BCUT2D eigenvalue weighted by molar-refractivity contribution is -0.143. The average molecular weight is 489 g/mol. The van der Waals surface area contributed by atoms with Crippen molar-refractivity contribution in [3.8, 4) is 5.75 Å². The van der Waals surface area contributed by atoms with Crippen molar-refractivity contribution in [1.29, 1.82) is 0 Å². The Morgan fingerprint density at radius 2 is 2.00 bits per heavy atom. The number of hydrogen-bond donors (Lipinski definition) is 1. The summed E-state index contributed by atoms with van der Waals surface area (Å²) >= 11 is 3.41. The monoisotopic (exact) mass is 488 g/mol. The molecule has 1 fully saturated rings. The van der Waals surface area contributed by atoms with Gasteiger partial charge in [-0.1, -0.05) is 34.1 Å². The van der Waals surface area contributed by atoms with Gasteiger partial charge in [-0.3, -0.25) is 14.4 Å². The first-order valence-corrected chi connectivity index (χ1v) is 10.9. The molecule has 164 valence electrons. The molecule has 2 aromatic carbocycles. The van der Waals surface area contributed by atoms with Crippen molar-refractivity contribution >= 4 is 39.4 Å². The molecule has 2 amide bonds. The van der Waals surface area contributed by atoms with Gasteiger partial charge in [0, 0.05) is 16.7 Å². The molecule has 2 aromatic rings. The predicted molar refractivity (Wildman–Crippen MR) is 120 cm³/mol. The molecular weight excluding hydrogens is 464 g/mol. The fourth-order valence-corrected chi connectivity index (χ4v) is 3.98. The van der Waals surface area contributed by atoms with Gasteiger partial charge in [-0.25, -0.2) is 0 Å². The minimum Gasteiger partial charge on any atom is -0.497 e. The number of carbonyl (C=O) groups excluding carboxylic acids is 3. The van der Waals surface area contributed by atoms with E-state index in [1.807, 2.05) is 24.3 Å². The Hall–Kier alpha value is -2.87. The number of esters is 1. The molecule has 0 bridgehead atoms. The van der Waals surface area contributed by atoms with Gasteiger partial charge in [-0.05, 0) is 49.2 Å². The quantitative estimate of drug-likeness (QED) is 0.453. The summed E-state index contributed by atoms with van der Waals surface area (Å²) in [5.41, 5.74) is 1.44. The Morgan fingerprint density at radius 3 is 2.71 bits per heavy atom. The minimum absolute atomic E-state index is 0.0387. The Morgan fingerprint density at radius 1 is 1.23 bits per heavy atom. The Labute approximate surface area is 189 Å². The Balaban J connectivity index is 1.76. The summed E-state index contributed by atoms with van der Waals surface area (Å²) in [6, 6.07) is 13.9. The third-order valence-electron chi connectivity index (χ3n) is 5.13. The molecule has 0 saturated carbocycles. The number of nitrogens with zero attached hydrogens (tertiary/aromatic N) is 1. The zero-order valence-electron chi connectivity index (χ0n) is 17.5. The number of amides is 2. The van der Waals surface area contributed by atoms with Gasteiger partial charge in [0.15, 0.2) is 0 Å². The van der Waals surface area contributed by atoms with E-state index < -0.39 is 23.8 Å². The largest absolute Gasteiger partial charge is 0.497 e. The maximum absolute atomic E-state index is 13.0. The second kappa shape index (κ2) is 10.4. The Kier molecular flexibility index (Phi) is 7.68. The van der Waals surface area contributed by atoms with E-state index in [1.165, 1.54) is 0 Å². The number of rotatable bonds is 8. The number of anilines is 1. The summed E-state index contributed by atoms with van der Waals surface area (Å²) in [6.07, 6.45) is 0.365. The highest BCUT2D eigenvalue weighted by Crippen LogP contribution is 2.29. The van der Waals surface area contributed by atoms with E-state index in [2.05, 4.69) is 21.2 Å². The molecule has 0 spiro atoms. The van der Waals surface area contributed by atoms with Crippen LogP contribution >= 0.6 is 15.9 Å². The first-order valence-electron chi connectivity index (χ1n) is 10.1. The van der Waals surface area contributed by atoms with Crippen LogP contribution in [0.4, 0.5) is 5.69 Å². The zero-order chi connectivity index (χ0) is 22.4. The lowest BCUT2D eigenvalue weighted by atomic mass is 10.0. The molecule has 7 nitrogen and oxygen atoms in total. The van der Waals surface area contributed by atoms with E-state index in [1.54, 1.807) is 43.2 Å². The van der Waals surface area contributed by atoms with Crippen LogP contribution in [0.2, 0.25) is 0 Å². The number of ether oxygens (including phenoxy) is 2. The van der Waals surface area contributed by atoms with Crippen molar-refractivity contribution in [2.45, 2.75) is 25.8 Å². The van der Waals surface area contributed by atoms with Crippen molar-refractivity contribution in [2.75, 3.05) is 25.2 Å². The van der Waals surface area contributed by atoms with E-state index in [4.69, 9.17) is 9.47 Å². The average Bonchev–Trinajstić information content (AvgIpc) is 3.15. The number of halogens is 1. The van der Waals surface area contributed by atoms with Crippen molar-refractivity contribution in [2.24, 2.45) is 5.92 Å². The standard InChI is InChI=1S/C23H25BrN2O5/c1-3-31-21(27)14-20(15-6-4-9-18(12-15)30-2)25-22(28)19-10-11-26(23(19)29)17-8-5-7-16(24)13-17/h4-9,12-13,19-20H,3,10-11,14H2,1-2H3,(H,25,28). The second-order valence-electron chi connectivity index (χ2n) is 7.16. The van der Waals surface area contributed by atoms with Gasteiger partial charge in [-0.2, -0.15) is 0 Å². The number of methoxy groups -OCH3 is 1. The molecular formula is C23H25BrN2O5. The summed E-state index contributed by atoms with van der Waals surface area (Å²) < 4.78 is 11.2. The molecule has 1 saturated heterocycles. The van der Waals surface area contributed by atoms with E-state index in [0.717, 1.165) is 10.2 Å². The predicted octanol–water partition coefficient (Wildman–Crippen LogP) is 3.62. The van der Waals surface area contributed by atoms with Crippen LogP contribution in [0.5, 0.6) is 5.75 Å². The lowest BCUT2D eigenvalue weighted by Gasteiger charge is -2.21. The summed E-state index contributed by atoms with van der Waals surface area (Å²) in [5, 5.41) is 2.88. The topological polar surface area (TPSA) is 84.9 Å². The molecule has 31 heavy (non-hydrogen) atoms. The second-order valence-corrected chi connectivity index (χ2v) is 8.07. The van der Waals surface area contributed by atoms with Gasteiger partial charge in [0.05, 0.1) is 26.2 Å². The Bertz CT molecular complexity index is 964. The van der Waals surface area contributed by atoms with E-state index in [9.17, 15) is 14.4 Å². The van der Waals surface area contributed by atoms with Crippen LogP contribution in [0.25, 0.3) is 0 Å². The van der Waals surface area contributed by atoms with Gasteiger partial charge in [0.1, 0.15) is 11.7 Å². The molecule has 0 aliphatic carbocycles. The van der Waals surface area contributed by atoms with Crippen LogP contribution in [-0.4, -0.2) is 38.0 Å². The third kappa shape index (κ3) is 5.64. The molecule has 1 aliphatic heterocycles. The molecule has 2 atom stereocenters. The number of benzene rings is 2. The van der Waals surface area contributed by atoms with Gasteiger partial charge >= 0.3 is 5.97 Å². The molecule has 1 heterocycles. The summed E-state index contributed by atoms with van der Waals surface area (Å²) in [5.74, 6) is -1.28. The van der Waals surface area contributed by atoms with Crippen molar-refractivity contribution in [3.63, 3.8) is 0 Å². The van der Waals surface area contributed by atoms with Crippen molar-refractivity contribution in [3.05, 3.63) is 58.6 Å². The maximum Gasteiger partial charge on any atom is 0.308 e. The van der Waals surface area contributed by atoms with Gasteiger partial charge in [0.25, 0.3) is 0 Å². The zero-order valence-corrected chi connectivity index (χ0v) is 19.1. The van der Waals surface area contributed by atoms with Crippen LogP contribution in [-0.2, 0) is 19.1 Å². The summed E-state index contributed by atoms with van der Waals surface area (Å²) in [6.45, 7) is 2.43.